The van der Waals surface area contributed by atoms with E-state index >= 15 is 0 Å². The molecule has 1 aliphatic rings. The standard InChI is InChI=1S/C9H10BrN3/c10-7-1-3-8(4-2-7)13-6-5-12-9(13)11/h1-4H,5-6H2,(H2,11,12). The maximum absolute atomic E-state index is 5.71. The van der Waals surface area contributed by atoms with Crippen LogP contribution in [0.1, 0.15) is 0 Å². The fourth-order valence-electron chi connectivity index (χ4n) is 1.35. The summed E-state index contributed by atoms with van der Waals surface area (Å²) in [4.78, 5) is 6.13. The lowest BCUT2D eigenvalue weighted by Gasteiger charge is -2.17. The average Bonchev–Trinajstić information content (AvgIpc) is 2.53. The number of guanidine groups is 1. The van der Waals surface area contributed by atoms with Crippen molar-refractivity contribution in [3.05, 3.63) is 28.7 Å². The molecule has 3 nitrogen and oxygen atoms in total. The predicted molar refractivity (Wildman–Crippen MR) is 58.0 cm³/mol. The highest BCUT2D eigenvalue weighted by molar-refractivity contribution is 9.10. The Bertz CT molecular complexity index is 331. The van der Waals surface area contributed by atoms with Gasteiger partial charge in [0, 0.05) is 16.7 Å². The number of anilines is 1. The number of hydrogen-bond acceptors (Lipinski definition) is 3. The summed E-state index contributed by atoms with van der Waals surface area (Å²) in [5.41, 5.74) is 6.81. The Balaban J connectivity index is 2.26. The molecule has 0 bridgehead atoms. The number of nitrogens with zero attached hydrogens (tertiary/aromatic N) is 2. The highest BCUT2D eigenvalue weighted by atomic mass is 79.9. The van der Waals surface area contributed by atoms with Gasteiger partial charge in [-0.3, -0.25) is 4.99 Å². The molecule has 0 amide bonds. The zero-order valence-corrected chi connectivity index (χ0v) is 8.66. The van der Waals surface area contributed by atoms with E-state index in [4.69, 9.17) is 5.73 Å². The molecule has 0 aliphatic carbocycles. The molecule has 1 aromatic carbocycles. The fourth-order valence-corrected chi connectivity index (χ4v) is 1.61. The first-order chi connectivity index (χ1) is 6.27. The number of rotatable bonds is 1. The summed E-state index contributed by atoms with van der Waals surface area (Å²) in [5.74, 6) is 0.613. The third kappa shape index (κ3) is 1.67. The van der Waals surface area contributed by atoms with E-state index in [-0.39, 0.29) is 0 Å². The van der Waals surface area contributed by atoms with E-state index in [1.54, 1.807) is 0 Å². The Kier molecular flexibility index (Phi) is 2.22. The lowest BCUT2D eigenvalue weighted by Crippen LogP contribution is -2.33. The summed E-state index contributed by atoms with van der Waals surface area (Å²) < 4.78 is 1.07. The van der Waals surface area contributed by atoms with Gasteiger partial charge in [0.1, 0.15) is 0 Å². The highest BCUT2D eigenvalue weighted by Gasteiger charge is 2.14. The molecule has 0 aromatic heterocycles. The van der Waals surface area contributed by atoms with Crippen molar-refractivity contribution in [1.29, 1.82) is 0 Å². The second-order valence-corrected chi connectivity index (χ2v) is 3.78. The van der Waals surface area contributed by atoms with Crippen molar-refractivity contribution in [2.45, 2.75) is 0 Å². The van der Waals surface area contributed by atoms with Gasteiger partial charge in [0.05, 0.1) is 6.54 Å². The molecule has 1 aromatic rings. The van der Waals surface area contributed by atoms with Crippen molar-refractivity contribution in [2.24, 2.45) is 10.7 Å². The lowest BCUT2D eigenvalue weighted by atomic mass is 10.3. The van der Waals surface area contributed by atoms with Crippen LogP contribution in [0.2, 0.25) is 0 Å². The summed E-state index contributed by atoms with van der Waals surface area (Å²) >= 11 is 3.39. The summed E-state index contributed by atoms with van der Waals surface area (Å²) in [5, 5.41) is 0. The molecular weight excluding hydrogens is 230 g/mol. The van der Waals surface area contributed by atoms with E-state index in [9.17, 15) is 0 Å². The van der Waals surface area contributed by atoms with Crippen LogP contribution in [-0.4, -0.2) is 19.0 Å². The van der Waals surface area contributed by atoms with Gasteiger partial charge >= 0.3 is 0 Å². The van der Waals surface area contributed by atoms with Gasteiger partial charge < -0.3 is 10.6 Å². The maximum Gasteiger partial charge on any atom is 0.195 e. The van der Waals surface area contributed by atoms with Crippen LogP contribution in [0.5, 0.6) is 0 Å². The van der Waals surface area contributed by atoms with Crippen molar-refractivity contribution >= 4 is 27.6 Å². The molecule has 2 N–H and O–H groups in total. The van der Waals surface area contributed by atoms with Crippen LogP contribution in [0.15, 0.2) is 33.7 Å². The van der Waals surface area contributed by atoms with E-state index in [1.165, 1.54) is 0 Å². The number of benzene rings is 1. The van der Waals surface area contributed by atoms with E-state index in [2.05, 4.69) is 20.9 Å². The molecule has 1 aliphatic heterocycles. The molecule has 0 saturated heterocycles. The fraction of sp³-hybridized carbons (Fsp3) is 0.222. The molecule has 0 radical (unpaired) electrons. The SMILES string of the molecule is NC1=NCCN1c1ccc(Br)cc1. The third-order valence-electron chi connectivity index (χ3n) is 2.01. The summed E-state index contributed by atoms with van der Waals surface area (Å²) in [6.07, 6.45) is 0. The van der Waals surface area contributed by atoms with Crippen LogP contribution in [0.3, 0.4) is 0 Å². The normalized spacial score (nSPS) is 16.1. The molecule has 1 heterocycles. The van der Waals surface area contributed by atoms with Gasteiger partial charge in [-0.15, -0.1) is 0 Å². The van der Waals surface area contributed by atoms with Gasteiger partial charge in [-0.25, -0.2) is 0 Å². The second-order valence-electron chi connectivity index (χ2n) is 2.87. The zero-order valence-electron chi connectivity index (χ0n) is 7.07. The maximum atomic E-state index is 5.71. The monoisotopic (exact) mass is 239 g/mol. The molecule has 0 spiro atoms. The number of nitrogens with two attached hydrogens (primary N) is 1. The summed E-state index contributed by atoms with van der Waals surface area (Å²) in [7, 11) is 0. The van der Waals surface area contributed by atoms with Gasteiger partial charge in [-0.2, -0.15) is 0 Å². The molecule has 0 fully saturated rings. The Morgan fingerprint density at radius 2 is 2.00 bits per heavy atom. The average molecular weight is 240 g/mol. The van der Waals surface area contributed by atoms with Gasteiger partial charge in [0.25, 0.3) is 0 Å². The van der Waals surface area contributed by atoms with E-state index in [0.29, 0.717) is 5.96 Å². The van der Waals surface area contributed by atoms with Crippen LogP contribution in [0.25, 0.3) is 0 Å². The third-order valence-corrected chi connectivity index (χ3v) is 2.54. The molecular formula is C9H10BrN3. The van der Waals surface area contributed by atoms with Crippen LogP contribution >= 0.6 is 15.9 Å². The first kappa shape index (κ1) is 8.56. The Morgan fingerprint density at radius 3 is 2.54 bits per heavy atom. The van der Waals surface area contributed by atoms with Crippen LogP contribution < -0.4 is 10.6 Å². The molecule has 68 valence electrons. The second kappa shape index (κ2) is 3.38. The summed E-state index contributed by atoms with van der Waals surface area (Å²) in [6, 6.07) is 8.05. The smallest absolute Gasteiger partial charge is 0.195 e. The lowest BCUT2D eigenvalue weighted by molar-refractivity contribution is 1.02. The number of hydrogen-bond donors (Lipinski definition) is 1. The molecule has 4 heteroatoms. The van der Waals surface area contributed by atoms with Crippen molar-refractivity contribution in [3.63, 3.8) is 0 Å². The van der Waals surface area contributed by atoms with E-state index in [1.807, 2.05) is 29.2 Å². The van der Waals surface area contributed by atoms with Crippen LogP contribution in [-0.2, 0) is 0 Å². The molecule has 13 heavy (non-hydrogen) atoms. The van der Waals surface area contributed by atoms with Gasteiger partial charge in [-0.1, -0.05) is 15.9 Å². The molecule has 0 atom stereocenters. The number of halogens is 1. The minimum atomic E-state index is 0.613. The largest absolute Gasteiger partial charge is 0.370 e. The predicted octanol–water partition coefficient (Wildman–Crippen LogP) is 1.58. The Labute approximate surface area is 85.4 Å². The first-order valence-electron chi connectivity index (χ1n) is 4.10. The zero-order chi connectivity index (χ0) is 9.26. The molecule has 0 saturated carbocycles. The van der Waals surface area contributed by atoms with Gasteiger partial charge in [0.2, 0.25) is 0 Å². The first-order valence-corrected chi connectivity index (χ1v) is 4.90. The minimum absolute atomic E-state index is 0.613. The Hall–Kier alpha value is -1.03. The van der Waals surface area contributed by atoms with Gasteiger partial charge in [0.15, 0.2) is 5.96 Å². The van der Waals surface area contributed by atoms with Gasteiger partial charge in [-0.05, 0) is 24.3 Å². The topological polar surface area (TPSA) is 41.6 Å². The van der Waals surface area contributed by atoms with Crippen LogP contribution in [0, 0.1) is 0 Å². The van der Waals surface area contributed by atoms with Crippen molar-refractivity contribution in [1.82, 2.24) is 0 Å². The Morgan fingerprint density at radius 1 is 1.31 bits per heavy atom. The van der Waals surface area contributed by atoms with Crippen molar-refractivity contribution < 1.29 is 0 Å². The van der Waals surface area contributed by atoms with Crippen molar-refractivity contribution in [3.8, 4) is 0 Å². The van der Waals surface area contributed by atoms with Crippen LogP contribution in [0.4, 0.5) is 5.69 Å². The quantitative estimate of drug-likeness (QED) is 0.809. The molecule has 2 rings (SSSR count). The molecule has 0 unspecified atom stereocenters. The highest BCUT2D eigenvalue weighted by Crippen LogP contribution is 2.19. The summed E-state index contributed by atoms with van der Waals surface area (Å²) in [6.45, 7) is 1.68. The van der Waals surface area contributed by atoms with E-state index in [0.717, 1.165) is 23.2 Å². The number of aliphatic imine (C=N–C) groups is 1. The van der Waals surface area contributed by atoms with E-state index < -0.39 is 0 Å². The van der Waals surface area contributed by atoms with Crippen molar-refractivity contribution in [2.75, 3.05) is 18.0 Å². The minimum Gasteiger partial charge on any atom is -0.370 e.